The van der Waals surface area contributed by atoms with Crippen LogP contribution in [0.5, 0.6) is 0 Å². The zero-order chi connectivity index (χ0) is 31.9. The molecule has 0 saturated carbocycles. The predicted molar refractivity (Wildman–Crippen MR) is 178 cm³/mol. The van der Waals surface area contributed by atoms with Gasteiger partial charge < -0.3 is 24.8 Å². The van der Waals surface area contributed by atoms with Crippen LogP contribution in [-0.2, 0) is 19.4 Å². The number of aromatic nitrogens is 3. The third-order valence-corrected chi connectivity index (χ3v) is 10.8. The molecule has 1 amide bonds. The van der Waals surface area contributed by atoms with Crippen LogP contribution in [0.25, 0.3) is 10.8 Å². The van der Waals surface area contributed by atoms with E-state index in [-0.39, 0.29) is 35.3 Å². The van der Waals surface area contributed by atoms with Crippen molar-refractivity contribution in [2.45, 2.75) is 57.2 Å². The number of pyridine rings is 1. The van der Waals surface area contributed by atoms with Gasteiger partial charge in [-0.05, 0) is 74.8 Å². The van der Waals surface area contributed by atoms with E-state index in [1.165, 1.54) is 12.3 Å². The van der Waals surface area contributed by atoms with Crippen molar-refractivity contribution >= 4 is 49.8 Å². The highest BCUT2D eigenvalue weighted by atomic mass is 32.2. The minimum atomic E-state index is -3.10. The summed E-state index contributed by atoms with van der Waals surface area (Å²) in [6, 6.07) is 8.01. The maximum absolute atomic E-state index is 12.8. The normalized spacial score (nSPS) is 22.0. The Kier molecular flexibility index (Phi) is 8.47. The molecule has 2 atom stereocenters. The highest BCUT2D eigenvalue weighted by Gasteiger charge is 2.48. The predicted octanol–water partition coefficient (Wildman–Crippen LogP) is 4.49. The lowest BCUT2D eigenvalue weighted by molar-refractivity contribution is -0.126. The van der Waals surface area contributed by atoms with Crippen molar-refractivity contribution < 1.29 is 17.9 Å². The van der Waals surface area contributed by atoms with Gasteiger partial charge in [-0.1, -0.05) is 12.6 Å². The largest absolute Gasteiger partial charge is 0.381 e. The first kappa shape index (κ1) is 31.2. The summed E-state index contributed by atoms with van der Waals surface area (Å²) < 4.78 is 29.7. The molecule has 240 valence electrons. The van der Waals surface area contributed by atoms with Crippen LogP contribution in [0.2, 0.25) is 0 Å². The minimum Gasteiger partial charge on any atom is -0.381 e. The number of ether oxygens (including phenoxy) is 1. The van der Waals surface area contributed by atoms with Crippen LogP contribution in [0, 0.1) is 5.92 Å². The Labute approximate surface area is 265 Å². The molecule has 0 aliphatic carbocycles. The summed E-state index contributed by atoms with van der Waals surface area (Å²) in [5.74, 6) is 2.07. The first-order valence-corrected chi connectivity index (χ1v) is 17.7. The van der Waals surface area contributed by atoms with E-state index in [4.69, 9.17) is 14.7 Å². The highest BCUT2D eigenvalue weighted by molar-refractivity contribution is 7.90. The van der Waals surface area contributed by atoms with Gasteiger partial charge in [0.05, 0.1) is 17.9 Å². The highest BCUT2D eigenvalue weighted by Crippen LogP contribution is 2.46. The van der Waals surface area contributed by atoms with Gasteiger partial charge in [-0.15, -0.1) is 0 Å². The molecule has 2 aromatic heterocycles. The summed E-state index contributed by atoms with van der Waals surface area (Å²) in [5.41, 5.74) is 1.72. The van der Waals surface area contributed by atoms with E-state index in [9.17, 15) is 13.2 Å². The number of hydrogen-bond acceptors (Lipinski definition) is 10. The lowest BCUT2D eigenvalue weighted by Crippen LogP contribution is -2.66. The second kappa shape index (κ2) is 12.2. The van der Waals surface area contributed by atoms with Crippen molar-refractivity contribution in [3.8, 4) is 0 Å². The van der Waals surface area contributed by atoms with Crippen LogP contribution in [0.15, 0.2) is 49.3 Å². The van der Waals surface area contributed by atoms with Gasteiger partial charge in [0.1, 0.15) is 21.5 Å². The molecule has 12 heteroatoms. The standard InChI is InChI=1S/C33H43N7O4S/c1-6-31(41)39-15-7-8-27(39)24-9-10-28(40-20-22(33(40,2)3)21-45(5,42)43)26-19-35-30(18-25(24)26)36-29-11-14-34-32(37-29)38-16-12-23(44-4)13-17-38/h6,9-11,14,18-19,22-23,27H,1,7-8,12-13,15-17,20-21H2,2-5H3,(H,34,35,36,37)/t22-,27-/m1/s1. The van der Waals surface area contributed by atoms with E-state index in [1.807, 2.05) is 23.2 Å². The fourth-order valence-electron chi connectivity index (χ4n) is 7.12. The number of amides is 1. The molecule has 6 rings (SSSR count). The average Bonchev–Trinajstić information content (AvgIpc) is 3.52. The van der Waals surface area contributed by atoms with Gasteiger partial charge in [0.15, 0.2) is 0 Å². The third kappa shape index (κ3) is 6.22. The summed E-state index contributed by atoms with van der Waals surface area (Å²) >= 11 is 0. The molecule has 1 aromatic carbocycles. The maximum atomic E-state index is 12.8. The van der Waals surface area contributed by atoms with Crippen LogP contribution in [-0.4, -0.2) is 91.1 Å². The van der Waals surface area contributed by atoms with Crippen molar-refractivity contribution in [3.63, 3.8) is 0 Å². The van der Waals surface area contributed by atoms with Crippen molar-refractivity contribution in [1.82, 2.24) is 19.9 Å². The van der Waals surface area contributed by atoms with Crippen molar-refractivity contribution in [2.75, 3.05) is 60.4 Å². The van der Waals surface area contributed by atoms with Gasteiger partial charge in [-0.25, -0.2) is 18.4 Å². The summed E-state index contributed by atoms with van der Waals surface area (Å²) in [6.45, 7) is 10.9. The van der Waals surface area contributed by atoms with E-state index in [1.54, 1.807) is 13.3 Å². The zero-order valence-corrected chi connectivity index (χ0v) is 27.4. The average molecular weight is 634 g/mol. The number of methoxy groups -OCH3 is 1. The van der Waals surface area contributed by atoms with Crippen LogP contribution < -0.4 is 15.1 Å². The van der Waals surface area contributed by atoms with E-state index in [2.05, 4.69) is 52.7 Å². The van der Waals surface area contributed by atoms with E-state index in [0.29, 0.717) is 30.7 Å². The number of sulfone groups is 1. The van der Waals surface area contributed by atoms with Gasteiger partial charge in [-0.2, -0.15) is 4.98 Å². The Morgan fingerprint density at radius 2 is 1.89 bits per heavy atom. The summed E-state index contributed by atoms with van der Waals surface area (Å²) in [5, 5.41) is 5.35. The molecule has 3 fully saturated rings. The molecule has 11 nitrogen and oxygen atoms in total. The van der Waals surface area contributed by atoms with Crippen LogP contribution in [0.4, 0.5) is 23.3 Å². The van der Waals surface area contributed by atoms with Crippen molar-refractivity contribution in [2.24, 2.45) is 5.92 Å². The topological polar surface area (TPSA) is 121 Å². The van der Waals surface area contributed by atoms with Gasteiger partial charge >= 0.3 is 0 Å². The van der Waals surface area contributed by atoms with Gasteiger partial charge in [0.2, 0.25) is 11.9 Å². The number of anilines is 4. The number of carbonyl (C=O) groups excluding carboxylic acids is 1. The number of carbonyl (C=O) groups is 1. The molecular formula is C33H43N7O4S. The van der Waals surface area contributed by atoms with Crippen LogP contribution >= 0.6 is 0 Å². The van der Waals surface area contributed by atoms with E-state index in [0.717, 1.165) is 60.8 Å². The number of nitrogens with one attached hydrogen (secondary N) is 1. The molecule has 45 heavy (non-hydrogen) atoms. The monoisotopic (exact) mass is 633 g/mol. The van der Waals surface area contributed by atoms with E-state index >= 15 is 0 Å². The first-order chi connectivity index (χ1) is 21.5. The zero-order valence-electron chi connectivity index (χ0n) is 26.6. The fraction of sp³-hybridized carbons (Fsp3) is 0.515. The number of benzene rings is 1. The van der Waals surface area contributed by atoms with Gasteiger partial charge in [-0.3, -0.25) is 4.79 Å². The summed E-state index contributed by atoms with van der Waals surface area (Å²) in [4.78, 5) is 33.3. The lowest BCUT2D eigenvalue weighted by Gasteiger charge is -2.57. The quantitative estimate of drug-likeness (QED) is 0.338. The Morgan fingerprint density at radius 1 is 1.11 bits per heavy atom. The van der Waals surface area contributed by atoms with Crippen LogP contribution in [0.3, 0.4) is 0 Å². The SMILES string of the molecule is C=CC(=O)N1CCC[C@@H]1c1ccc(N2C[C@H](CS(C)(=O)=O)C2(C)C)c2cnc(Nc3ccnc(N4CCC(OC)CC4)n3)cc12. The fourth-order valence-corrected chi connectivity index (χ4v) is 8.37. The smallest absolute Gasteiger partial charge is 0.246 e. The molecule has 0 unspecified atom stereocenters. The molecule has 1 N–H and O–H groups in total. The van der Waals surface area contributed by atoms with E-state index < -0.39 is 9.84 Å². The Hall–Kier alpha value is -3.77. The summed E-state index contributed by atoms with van der Waals surface area (Å²) in [6.07, 6.45) is 10.2. The molecule has 3 aliphatic rings. The van der Waals surface area contributed by atoms with Gasteiger partial charge in [0, 0.05) is 74.5 Å². The second-order valence-electron chi connectivity index (χ2n) is 13.0. The molecule has 5 heterocycles. The number of rotatable bonds is 9. The second-order valence-corrected chi connectivity index (χ2v) is 15.2. The van der Waals surface area contributed by atoms with Crippen LogP contribution in [0.1, 0.15) is 51.1 Å². The number of piperidine rings is 1. The molecule has 3 aliphatic heterocycles. The lowest BCUT2D eigenvalue weighted by atomic mass is 9.77. The Bertz CT molecular complexity index is 1700. The number of hydrogen-bond donors (Lipinski definition) is 1. The number of fused-ring (bicyclic) bond motifs is 1. The van der Waals surface area contributed by atoms with Crippen molar-refractivity contribution in [3.05, 3.63) is 54.9 Å². The molecule has 3 aromatic rings. The number of likely N-dealkylation sites (tertiary alicyclic amines) is 1. The minimum absolute atomic E-state index is 0.0268. The first-order valence-electron chi connectivity index (χ1n) is 15.7. The summed E-state index contributed by atoms with van der Waals surface area (Å²) in [7, 11) is -1.34. The maximum Gasteiger partial charge on any atom is 0.246 e. The molecule has 3 saturated heterocycles. The van der Waals surface area contributed by atoms with Gasteiger partial charge in [0.25, 0.3) is 0 Å². The Balaban J connectivity index is 1.35. The molecule has 0 spiro atoms. The molecule has 0 radical (unpaired) electrons. The van der Waals surface area contributed by atoms with Crippen molar-refractivity contribution in [1.29, 1.82) is 0 Å². The third-order valence-electron chi connectivity index (χ3n) is 9.83. The Morgan fingerprint density at radius 3 is 2.58 bits per heavy atom. The number of nitrogens with zero attached hydrogens (tertiary/aromatic N) is 6. The molecular weight excluding hydrogens is 590 g/mol. The molecule has 0 bridgehead atoms.